The predicted molar refractivity (Wildman–Crippen MR) is 88.0 cm³/mol. The summed E-state index contributed by atoms with van der Waals surface area (Å²) in [5.41, 5.74) is 6.03. The fourth-order valence-electron chi connectivity index (χ4n) is 1.96. The molecule has 0 radical (unpaired) electrons. The number of halogens is 1. The molecule has 2 N–H and O–H groups in total. The van der Waals surface area contributed by atoms with Gasteiger partial charge in [-0.2, -0.15) is 4.31 Å². The van der Waals surface area contributed by atoms with Crippen molar-refractivity contribution in [3.63, 3.8) is 0 Å². The van der Waals surface area contributed by atoms with E-state index in [0.717, 1.165) is 4.88 Å². The Hall–Kier alpha value is -1.08. The third kappa shape index (κ3) is 3.58. The number of nitrogens with zero attached hydrogens (tertiary/aromatic N) is 1. The summed E-state index contributed by atoms with van der Waals surface area (Å²) in [5.74, 6) is 0. The third-order valence-electron chi connectivity index (χ3n) is 3.03. The molecule has 2 aromatic rings. The number of hydrogen-bond acceptors (Lipinski definition) is 4. The van der Waals surface area contributed by atoms with Crippen molar-refractivity contribution in [2.24, 2.45) is 0 Å². The second-order valence-electron chi connectivity index (χ2n) is 4.91. The standard InChI is InChI=1S/C14H17ClN2O2S2/c1-10(2)17(9-12-4-3-7-20-12)21(18,19)14-8-11(15)5-6-13(14)16/h3-8,10H,9,16H2,1-2H3. The van der Waals surface area contributed by atoms with Crippen molar-refractivity contribution in [2.75, 3.05) is 5.73 Å². The van der Waals surface area contributed by atoms with Crippen molar-refractivity contribution in [2.45, 2.75) is 31.3 Å². The number of hydrogen-bond donors (Lipinski definition) is 1. The molecular weight excluding hydrogens is 328 g/mol. The summed E-state index contributed by atoms with van der Waals surface area (Å²) in [7, 11) is -3.70. The van der Waals surface area contributed by atoms with Crippen LogP contribution in [0.4, 0.5) is 5.69 Å². The van der Waals surface area contributed by atoms with Gasteiger partial charge < -0.3 is 5.73 Å². The number of anilines is 1. The highest BCUT2D eigenvalue weighted by Gasteiger charge is 2.29. The quantitative estimate of drug-likeness (QED) is 0.843. The van der Waals surface area contributed by atoms with E-state index >= 15 is 0 Å². The van der Waals surface area contributed by atoms with E-state index in [2.05, 4.69) is 0 Å². The summed E-state index contributed by atoms with van der Waals surface area (Å²) in [4.78, 5) is 1.04. The number of rotatable bonds is 5. The lowest BCUT2D eigenvalue weighted by molar-refractivity contribution is 0.350. The molecule has 0 amide bonds. The molecule has 2 rings (SSSR count). The van der Waals surface area contributed by atoms with Gasteiger partial charge in [0.25, 0.3) is 0 Å². The van der Waals surface area contributed by atoms with Gasteiger partial charge in [-0.05, 0) is 43.5 Å². The first-order valence-electron chi connectivity index (χ1n) is 6.41. The highest BCUT2D eigenvalue weighted by Crippen LogP contribution is 2.28. The lowest BCUT2D eigenvalue weighted by atomic mass is 10.3. The summed E-state index contributed by atoms with van der Waals surface area (Å²) in [6.07, 6.45) is 0. The van der Waals surface area contributed by atoms with Crippen LogP contribution >= 0.6 is 22.9 Å². The third-order valence-corrected chi connectivity index (χ3v) is 6.20. The Labute approximate surface area is 134 Å². The maximum atomic E-state index is 12.9. The Bertz CT molecular complexity index is 713. The molecule has 114 valence electrons. The zero-order valence-corrected chi connectivity index (χ0v) is 14.2. The minimum atomic E-state index is -3.70. The van der Waals surface area contributed by atoms with Crippen LogP contribution in [-0.4, -0.2) is 18.8 Å². The molecule has 0 aliphatic heterocycles. The van der Waals surface area contributed by atoms with Crippen LogP contribution in [0.1, 0.15) is 18.7 Å². The van der Waals surface area contributed by atoms with Gasteiger partial charge in [-0.25, -0.2) is 8.42 Å². The molecule has 0 aliphatic carbocycles. The zero-order valence-electron chi connectivity index (χ0n) is 11.8. The van der Waals surface area contributed by atoms with Crippen molar-refractivity contribution in [3.8, 4) is 0 Å². The number of benzene rings is 1. The Morgan fingerprint density at radius 3 is 2.62 bits per heavy atom. The molecule has 0 atom stereocenters. The first-order chi connectivity index (χ1) is 9.82. The number of sulfonamides is 1. The van der Waals surface area contributed by atoms with Gasteiger partial charge in [-0.15, -0.1) is 11.3 Å². The van der Waals surface area contributed by atoms with Gasteiger partial charge >= 0.3 is 0 Å². The molecule has 7 heteroatoms. The van der Waals surface area contributed by atoms with Crippen LogP contribution in [0.25, 0.3) is 0 Å². The van der Waals surface area contributed by atoms with Crippen LogP contribution < -0.4 is 5.73 Å². The fourth-order valence-corrected chi connectivity index (χ4v) is 4.74. The molecule has 0 saturated carbocycles. The van der Waals surface area contributed by atoms with Crippen molar-refractivity contribution in [1.82, 2.24) is 4.31 Å². The summed E-state index contributed by atoms with van der Waals surface area (Å²) < 4.78 is 27.2. The van der Waals surface area contributed by atoms with E-state index in [1.807, 2.05) is 31.4 Å². The maximum absolute atomic E-state index is 12.9. The molecule has 1 aromatic heterocycles. The Kier molecular flexibility index (Phi) is 4.93. The van der Waals surface area contributed by atoms with E-state index in [1.54, 1.807) is 6.07 Å². The Morgan fingerprint density at radius 2 is 2.05 bits per heavy atom. The van der Waals surface area contributed by atoms with E-state index < -0.39 is 10.0 Å². The SMILES string of the molecule is CC(C)N(Cc1cccs1)S(=O)(=O)c1cc(Cl)ccc1N. The molecule has 0 fully saturated rings. The zero-order chi connectivity index (χ0) is 15.6. The summed E-state index contributed by atoms with van der Waals surface area (Å²) >= 11 is 7.44. The summed E-state index contributed by atoms with van der Waals surface area (Å²) in [6, 6.07) is 8.12. The van der Waals surface area contributed by atoms with E-state index in [-0.39, 0.29) is 16.6 Å². The van der Waals surface area contributed by atoms with Gasteiger partial charge in [-0.3, -0.25) is 0 Å². The first kappa shape index (κ1) is 16.3. The van der Waals surface area contributed by atoms with Gasteiger partial charge in [0.1, 0.15) is 4.90 Å². The van der Waals surface area contributed by atoms with E-state index in [1.165, 1.54) is 27.8 Å². The lowest BCUT2D eigenvalue weighted by Crippen LogP contribution is -2.36. The van der Waals surface area contributed by atoms with Gasteiger partial charge in [0.05, 0.1) is 5.69 Å². The maximum Gasteiger partial charge on any atom is 0.245 e. The lowest BCUT2D eigenvalue weighted by Gasteiger charge is -2.26. The molecule has 0 unspecified atom stereocenters. The molecule has 1 aromatic carbocycles. The van der Waals surface area contributed by atoms with Gasteiger partial charge in [0.15, 0.2) is 0 Å². The highest BCUT2D eigenvalue weighted by atomic mass is 35.5. The monoisotopic (exact) mass is 344 g/mol. The largest absolute Gasteiger partial charge is 0.398 e. The topological polar surface area (TPSA) is 63.4 Å². The van der Waals surface area contributed by atoms with Gasteiger partial charge in [0, 0.05) is 22.5 Å². The number of thiophene rings is 1. The minimum absolute atomic E-state index is 0.0558. The molecule has 0 saturated heterocycles. The average molecular weight is 345 g/mol. The molecule has 0 aliphatic rings. The van der Waals surface area contributed by atoms with Crippen LogP contribution in [-0.2, 0) is 16.6 Å². The summed E-state index contributed by atoms with van der Waals surface area (Å²) in [5, 5.41) is 2.27. The normalized spacial score (nSPS) is 12.2. The highest BCUT2D eigenvalue weighted by molar-refractivity contribution is 7.89. The molecular formula is C14H17ClN2O2S2. The number of nitrogens with two attached hydrogens (primary N) is 1. The van der Waals surface area contributed by atoms with Crippen LogP contribution in [0.3, 0.4) is 0 Å². The van der Waals surface area contributed by atoms with Crippen LogP contribution in [0.15, 0.2) is 40.6 Å². The van der Waals surface area contributed by atoms with Crippen molar-refractivity contribution in [3.05, 3.63) is 45.6 Å². The Balaban J connectivity index is 2.45. The van der Waals surface area contributed by atoms with Gasteiger partial charge in [0.2, 0.25) is 10.0 Å². The molecule has 0 spiro atoms. The first-order valence-corrected chi connectivity index (χ1v) is 9.11. The van der Waals surface area contributed by atoms with E-state index in [0.29, 0.717) is 11.6 Å². The molecule has 21 heavy (non-hydrogen) atoms. The number of nitrogen functional groups attached to an aromatic ring is 1. The van der Waals surface area contributed by atoms with E-state index in [9.17, 15) is 8.42 Å². The second kappa shape index (κ2) is 6.36. The summed E-state index contributed by atoms with van der Waals surface area (Å²) in [6.45, 7) is 4.00. The van der Waals surface area contributed by atoms with Gasteiger partial charge in [-0.1, -0.05) is 17.7 Å². The second-order valence-corrected chi connectivity index (χ2v) is 8.23. The van der Waals surface area contributed by atoms with Crippen molar-refractivity contribution >= 4 is 38.6 Å². The van der Waals surface area contributed by atoms with E-state index in [4.69, 9.17) is 17.3 Å². The van der Waals surface area contributed by atoms with Crippen molar-refractivity contribution in [1.29, 1.82) is 0 Å². The average Bonchev–Trinajstić information content (AvgIpc) is 2.91. The Morgan fingerprint density at radius 1 is 1.33 bits per heavy atom. The molecule has 0 bridgehead atoms. The minimum Gasteiger partial charge on any atom is -0.398 e. The fraction of sp³-hybridized carbons (Fsp3) is 0.286. The molecule has 1 heterocycles. The van der Waals surface area contributed by atoms with Crippen molar-refractivity contribution < 1.29 is 8.42 Å². The predicted octanol–water partition coefficient (Wildman–Crippen LogP) is 3.58. The van der Waals surface area contributed by atoms with Crippen LogP contribution in [0.5, 0.6) is 0 Å². The van der Waals surface area contributed by atoms with Crippen LogP contribution in [0.2, 0.25) is 5.02 Å². The smallest absolute Gasteiger partial charge is 0.245 e. The molecule has 4 nitrogen and oxygen atoms in total. The van der Waals surface area contributed by atoms with Crippen LogP contribution in [0, 0.1) is 0 Å².